The number of aryl methyl sites for hydroxylation is 2. The lowest BCUT2D eigenvalue weighted by molar-refractivity contribution is 0.0761. The number of carbonyl (C=O) groups is 1. The summed E-state index contributed by atoms with van der Waals surface area (Å²) in [6.07, 6.45) is 2.99. The van der Waals surface area contributed by atoms with Crippen LogP contribution in [0.2, 0.25) is 0 Å². The van der Waals surface area contributed by atoms with Gasteiger partial charge in [-0.2, -0.15) is 0 Å². The van der Waals surface area contributed by atoms with Gasteiger partial charge in [-0.05, 0) is 69.2 Å². The first-order valence-electron chi connectivity index (χ1n) is 11.2. The van der Waals surface area contributed by atoms with E-state index in [0.29, 0.717) is 29.3 Å². The molecular weight excluding hydrogens is 400 g/mol. The van der Waals surface area contributed by atoms with Crippen LogP contribution in [0.5, 0.6) is 11.5 Å². The van der Waals surface area contributed by atoms with E-state index in [-0.39, 0.29) is 12.0 Å². The van der Waals surface area contributed by atoms with Crippen molar-refractivity contribution in [1.29, 1.82) is 0 Å². The zero-order chi connectivity index (χ0) is 22.9. The third kappa shape index (κ3) is 6.66. The highest BCUT2D eigenvalue weighted by Crippen LogP contribution is 2.25. The Morgan fingerprint density at radius 2 is 1.81 bits per heavy atom. The fraction of sp³-hybridized carbons (Fsp3) is 0.333. The molecule has 0 saturated carbocycles. The van der Waals surface area contributed by atoms with Gasteiger partial charge in [0.2, 0.25) is 0 Å². The summed E-state index contributed by atoms with van der Waals surface area (Å²) in [6.45, 7) is 8.69. The number of anilines is 1. The van der Waals surface area contributed by atoms with Crippen molar-refractivity contribution in [3.63, 3.8) is 0 Å². The van der Waals surface area contributed by atoms with E-state index >= 15 is 0 Å². The minimum absolute atomic E-state index is 0.0946. The summed E-state index contributed by atoms with van der Waals surface area (Å²) in [5.74, 6) is 1.24. The highest BCUT2D eigenvalue weighted by Gasteiger charge is 2.13. The second-order valence-electron chi connectivity index (χ2n) is 7.88. The van der Waals surface area contributed by atoms with Crippen LogP contribution in [-0.2, 0) is 17.6 Å². The summed E-state index contributed by atoms with van der Waals surface area (Å²) in [6, 6.07) is 19.2. The molecule has 5 heteroatoms. The molecule has 0 bridgehead atoms. The Morgan fingerprint density at radius 1 is 1.03 bits per heavy atom. The largest absolute Gasteiger partial charge is 0.457 e. The topological polar surface area (TPSA) is 60.5 Å². The first kappa shape index (κ1) is 23.5. The van der Waals surface area contributed by atoms with Crippen molar-refractivity contribution in [3.8, 4) is 11.5 Å². The summed E-state index contributed by atoms with van der Waals surface area (Å²) in [5, 5.41) is 2.95. The number of carbonyl (C=O) groups excluding carboxylic acids is 1. The van der Waals surface area contributed by atoms with Gasteiger partial charge in [0.05, 0.1) is 17.4 Å². The smallest absolute Gasteiger partial charge is 0.257 e. The molecular formula is C27H32N2O3. The van der Waals surface area contributed by atoms with Gasteiger partial charge in [-0.25, -0.2) is 0 Å². The van der Waals surface area contributed by atoms with Crippen LogP contribution in [0, 0.1) is 6.92 Å². The number of amides is 1. The van der Waals surface area contributed by atoms with Gasteiger partial charge in [-0.1, -0.05) is 31.5 Å². The Balaban J connectivity index is 1.65. The number of pyridine rings is 1. The second kappa shape index (κ2) is 11.4. The number of aromatic nitrogens is 1. The summed E-state index contributed by atoms with van der Waals surface area (Å²) in [5.41, 5.74) is 4.13. The SMILES string of the molecule is CCCc1ccc(Oc2cccc(NC(=O)c3ccc(CC(C)OCC)nc3C)c2)cc1. The van der Waals surface area contributed by atoms with E-state index < -0.39 is 0 Å². The minimum Gasteiger partial charge on any atom is -0.457 e. The molecule has 3 aromatic rings. The molecule has 0 spiro atoms. The van der Waals surface area contributed by atoms with E-state index in [9.17, 15) is 4.79 Å². The van der Waals surface area contributed by atoms with Crippen molar-refractivity contribution in [2.75, 3.05) is 11.9 Å². The van der Waals surface area contributed by atoms with Crippen LogP contribution in [0.15, 0.2) is 60.7 Å². The van der Waals surface area contributed by atoms with E-state index in [0.717, 1.165) is 30.7 Å². The van der Waals surface area contributed by atoms with Crippen LogP contribution in [-0.4, -0.2) is 23.6 Å². The van der Waals surface area contributed by atoms with Crippen LogP contribution in [0.3, 0.4) is 0 Å². The molecule has 1 aromatic heterocycles. The molecule has 1 unspecified atom stereocenters. The van der Waals surface area contributed by atoms with Crippen molar-refractivity contribution in [2.45, 2.75) is 53.1 Å². The van der Waals surface area contributed by atoms with Crippen molar-refractivity contribution in [1.82, 2.24) is 4.98 Å². The Kier molecular flexibility index (Phi) is 8.40. The first-order chi connectivity index (χ1) is 15.5. The fourth-order valence-electron chi connectivity index (χ4n) is 3.59. The Labute approximate surface area is 190 Å². The molecule has 1 atom stereocenters. The second-order valence-corrected chi connectivity index (χ2v) is 7.88. The maximum atomic E-state index is 12.8. The van der Waals surface area contributed by atoms with E-state index in [1.54, 1.807) is 0 Å². The molecule has 0 aliphatic carbocycles. The highest BCUT2D eigenvalue weighted by molar-refractivity contribution is 6.05. The lowest BCUT2D eigenvalue weighted by Crippen LogP contribution is -2.16. The number of hydrogen-bond donors (Lipinski definition) is 1. The predicted octanol–water partition coefficient (Wildman–Crippen LogP) is 6.35. The number of rotatable bonds is 10. The van der Waals surface area contributed by atoms with Crippen molar-refractivity contribution < 1.29 is 14.3 Å². The van der Waals surface area contributed by atoms with Crippen molar-refractivity contribution in [2.24, 2.45) is 0 Å². The number of nitrogens with one attached hydrogen (secondary N) is 1. The first-order valence-corrected chi connectivity index (χ1v) is 11.2. The van der Waals surface area contributed by atoms with Crippen LogP contribution in [0.4, 0.5) is 5.69 Å². The normalized spacial score (nSPS) is 11.8. The summed E-state index contributed by atoms with van der Waals surface area (Å²) in [7, 11) is 0. The lowest BCUT2D eigenvalue weighted by atomic mass is 10.1. The van der Waals surface area contributed by atoms with Crippen LogP contribution in [0.1, 0.15) is 54.5 Å². The monoisotopic (exact) mass is 432 g/mol. The third-order valence-corrected chi connectivity index (χ3v) is 5.13. The zero-order valence-corrected chi connectivity index (χ0v) is 19.4. The summed E-state index contributed by atoms with van der Waals surface area (Å²) < 4.78 is 11.5. The molecule has 168 valence electrons. The summed E-state index contributed by atoms with van der Waals surface area (Å²) in [4.78, 5) is 17.4. The van der Waals surface area contributed by atoms with Crippen molar-refractivity contribution in [3.05, 3.63) is 83.2 Å². The molecule has 5 nitrogen and oxygen atoms in total. The molecule has 3 rings (SSSR count). The molecule has 32 heavy (non-hydrogen) atoms. The van der Waals surface area contributed by atoms with Gasteiger partial charge in [0.1, 0.15) is 11.5 Å². The molecule has 2 aromatic carbocycles. The molecule has 0 radical (unpaired) electrons. The van der Waals surface area contributed by atoms with Crippen molar-refractivity contribution >= 4 is 11.6 Å². The van der Waals surface area contributed by atoms with E-state index in [4.69, 9.17) is 9.47 Å². The minimum atomic E-state index is -0.194. The van der Waals surface area contributed by atoms with Crippen LogP contribution in [0.25, 0.3) is 0 Å². The predicted molar refractivity (Wildman–Crippen MR) is 129 cm³/mol. The van der Waals surface area contributed by atoms with E-state index in [1.807, 2.05) is 69.3 Å². The van der Waals surface area contributed by atoms with Gasteiger partial charge >= 0.3 is 0 Å². The molecule has 0 aliphatic heterocycles. The summed E-state index contributed by atoms with van der Waals surface area (Å²) >= 11 is 0. The highest BCUT2D eigenvalue weighted by atomic mass is 16.5. The van der Waals surface area contributed by atoms with Gasteiger partial charge < -0.3 is 14.8 Å². The quantitative estimate of drug-likeness (QED) is 0.405. The number of benzene rings is 2. The van der Waals surface area contributed by atoms with Gasteiger partial charge in [0.25, 0.3) is 5.91 Å². The average Bonchev–Trinajstić information content (AvgIpc) is 2.76. The molecule has 0 saturated heterocycles. The maximum Gasteiger partial charge on any atom is 0.257 e. The van der Waals surface area contributed by atoms with Gasteiger partial charge in [-0.3, -0.25) is 9.78 Å². The van der Waals surface area contributed by atoms with Gasteiger partial charge in [-0.15, -0.1) is 0 Å². The van der Waals surface area contributed by atoms with Crippen LogP contribution >= 0.6 is 0 Å². The number of ether oxygens (including phenoxy) is 2. The Bertz CT molecular complexity index is 1030. The van der Waals surface area contributed by atoms with Gasteiger partial charge in [0.15, 0.2) is 0 Å². The van der Waals surface area contributed by atoms with E-state index in [1.165, 1.54) is 5.56 Å². The van der Waals surface area contributed by atoms with Crippen LogP contribution < -0.4 is 10.1 Å². The van der Waals surface area contributed by atoms with Gasteiger partial charge in [0, 0.05) is 30.5 Å². The number of nitrogens with zero attached hydrogens (tertiary/aromatic N) is 1. The molecule has 1 heterocycles. The maximum absolute atomic E-state index is 12.8. The Hall–Kier alpha value is -3.18. The zero-order valence-electron chi connectivity index (χ0n) is 19.4. The molecule has 1 amide bonds. The number of hydrogen-bond acceptors (Lipinski definition) is 4. The fourth-order valence-corrected chi connectivity index (χ4v) is 3.59. The molecule has 1 N–H and O–H groups in total. The molecule has 0 aliphatic rings. The standard InChI is InChI=1S/C27H32N2O3/c1-5-8-21-11-14-24(15-12-21)32-25-10-7-9-22(18-25)29-27(30)26-16-13-23(28-20(26)4)17-19(3)31-6-2/h7,9-16,18-19H,5-6,8,17H2,1-4H3,(H,29,30). The lowest BCUT2D eigenvalue weighted by Gasteiger charge is -2.13. The van der Waals surface area contributed by atoms with E-state index in [2.05, 4.69) is 29.4 Å². The molecule has 0 fully saturated rings. The third-order valence-electron chi connectivity index (χ3n) is 5.13. The Morgan fingerprint density at radius 3 is 2.50 bits per heavy atom. The average molecular weight is 433 g/mol.